The van der Waals surface area contributed by atoms with E-state index >= 15 is 0 Å². The summed E-state index contributed by atoms with van der Waals surface area (Å²) in [7, 11) is -6.26. The zero-order valence-electron chi connectivity index (χ0n) is 18.8. The first-order chi connectivity index (χ1) is 13.9. The quantitative estimate of drug-likeness (QED) is 0.133. The Hall–Kier alpha value is 0.260. The van der Waals surface area contributed by atoms with Crippen LogP contribution in [0.5, 0.6) is 0 Å². The average molecular weight is 462 g/mol. The molecule has 0 bridgehead atoms. The number of rotatable bonds is 18. The van der Waals surface area contributed by atoms with Gasteiger partial charge >= 0.3 is 16.5 Å². The van der Waals surface area contributed by atoms with Gasteiger partial charge in [-0.3, -0.25) is 9.13 Å². The first-order valence-electron chi connectivity index (χ1n) is 11.4. The van der Waals surface area contributed by atoms with E-state index in [1.54, 1.807) is 0 Å². The normalized spacial score (nSPS) is 10.5. The van der Waals surface area contributed by atoms with Crippen LogP contribution in [0, 0.1) is 0 Å². The van der Waals surface area contributed by atoms with Gasteiger partial charge in [0.15, 0.2) is 0 Å². The molecular formula is C20H49NO6P2. The van der Waals surface area contributed by atoms with E-state index in [4.69, 9.17) is 28.7 Å². The number of hydrogen-bond acceptors (Lipinski definition) is 3. The van der Waals surface area contributed by atoms with Gasteiger partial charge in [-0.25, -0.2) is 0 Å². The smallest absolute Gasteiger partial charge is 0.314 e. The highest BCUT2D eigenvalue weighted by atomic mass is 31.1. The summed E-state index contributed by atoms with van der Waals surface area (Å²) in [5.74, 6) is 0. The van der Waals surface area contributed by atoms with Gasteiger partial charge in [-0.1, -0.05) is 104 Å². The van der Waals surface area contributed by atoms with E-state index in [1.807, 2.05) is 0 Å². The lowest BCUT2D eigenvalue weighted by Gasteiger charge is -2.05. The van der Waals surface area contributed by atoms with Gasteiger partial charge in [-0.05, 0) is 25.9 Å². The highest BCUT2D eigenvalue weighted by Crippen LogP contribution is 2.09. The summed E-state index contributed by atoms with van der Waals surface area (Å²) in [6, 6.07) is 0. The maximum Gasteiger partial charge on any atom is 0.314 e. The molecule has 0 aromatic carbocycles. The molecule has 5 N–H and O–H groups in total. The Morgan fingerprint density at radius 2 is 0.690 bits per heavy atom. The van der Waals surface area contributed by atoms with Crippen LogP contribution < -0.4 is 5.32 Å². The first kappa shape index (κ1) is 33.9. The van der Waals surface area contributed by atoms with E-state index in [1.165, 1.54) is 116 Å². The van der Waals surface area contributed by atoms with Crippen LogP contribution in [0.25, 0.3) is 0 Å². The Labute approximate surface area is 180 Å². The molecule has 0 aliphatic rings. The summed E-state index contributed by atoms with van der Waals surface area (Å²) < 4.78 is 17.5. The topological polar surface area (TPSA) is 127 Å². The standard InChI is InChI=1S/C20H43N.2H3O3P/c1-3-5-7-9-11-13-15-17-19-21-20-18-16-14-12-10-8-6-4-2;2*1-4(2)3/h21H,3-20H2,1-2H3;2*4H,(H2,1,2,3). The fourth-order valence-corrected chi connectivity index (χ4v) is 2.89. The lowest BCUT2D eigenvalue weighted by atomic mass is 10.1. The molecule has 180 valence electrons. The largest absolute Gasteiger partial charge is 0.326 e. The summed E-state index contributed by atoms with van der Waals surface area (Å²) >= 11 is 0. The van der Waals surface area contributed by atoms with E-state index < -0.39 is 16.5 Å². The number of hydrogen-bond donors (Lipinski definition) is 5. The van der Waals surface area contributed by atoms with E-state index in [0.717, 1.165) is 0 Å². The molecule has 29 heavy (non-hydrogen) atoms. The van der Waals surface area contributed by atoms with Gasteiger partial charge in [0, 0.05) is 0 Å². The Morgan fingerprint density at radius 1 is 0.483 bits per heavy atom. The Kier molecular flexibility index (Phi) is 38.5. The molecule has 0 radical (unpaired) electrons. The van der Waals surface area contributed by atoms with Gasteiger partial charge in [0.2, 0.25) is 0 Å². The average Bonchev–Trinajstić information content (AvgIpc) is 2.63. The van der Waals surface area contributed by atoms with Crippen molar-refractivity contribution in [3.8, 4) is 0 Å². The molecule has 0 aromatic heterocycles. The highest BCUT2D eigenvalue weighted by molar-refractivity contribution is 7.31. The molecular weight excluding hydrogens is 412 g/mol. The maximum atomic E-state index is 8.74. The lowest BCUT2D eigenvalue weighted by molar-refractivity contribution is 0.403. The molecule has 7 nitrogen and oxygen atoms in total. The molecule has 0 aliphatic heterocycles. The van der Waals surface area contributed by atoms with Crippen molar-refractivity contribution in [1.29, 1.82) is 0 Å². The Bertz CT molecular complexity index is 298. The molecule has 0 aromatic rings. The van der Waals surface area contributed by atoms with Crippen molar-refractivity contribution in [2.75, 3.05) is 13.1 Å². The van der Waals surface area contributed by atoms with Crippen LogP contribution in [0.1, 0.15) is 117 Å². The van der Waals surface area contributed by atoms with Gasteiger partial charge in [-0.15, -0.1) is 0 Å². The number of unbranched alkanes of at least 4 members (excludes halogenated alkanes) is 14. The molecule has 0 spiro atoms. The summed E-state index contributed by atoms with van der Waals surface area (Å²) in [5, 5.41) is 3.61. The summed E-state index contributed by atoms with van der Waals surface area (Å²) in [6.07, 6.45) is 22.8. The first-order valence-corrected chi connectivity index (χ1v) is 14.0. The molecule has 0 amide bonds. The van der Waals surface area contributed by atoms with Crippen molar-refractivity contribution < 1.29 is 28.7 Å². The predicted octanol–water partition coefficient (Wildman–Crippen LogP) is 5.58. The molecule has 0 unspecified atom stereocenters. The molecule has 0 fully saturated rings. The second-order valence-corrected chi connectivity index (χ2v) is 8.40. The summed E-state index contributed by atoms with van der Waals surface area (Å²) in [4.78, 5) is 28.6. The molecule has 0 heterocycles. The van der Waals surface area contributed by atoms with E-state index in [0.29, 0.717) is 0 Å². The lowest BCUT2D eigenvalue weighted by Crippen LogP contribution is -2.16. The van der Waals surface area contributed by atoms with Gasteiger partial charge in [0.05, 0.1) is 0 Å². The molecule has 9 heteroatoms. The SMILES string of the molecule is CCCCCCCCCCNCCCCCCCCCC.O=[PH](O)O.O=[PH](O)O. The monoisotopic (exact) mass is 461 g/mol. The zero-order valence-corrected chi connectivity index (χ0v) is 20.8. The summed E-state index contributed by atoms with van der Waals surface area (Å²) in [5.41, 5.74) is 0. The molecule has 0 atom stereocenters. The van der Waals surface area contributed by atoms with E-state index in [9.17, 15) is 0 Å². The fraction of sp³-hybridized carbons (Fsp3) is 1.00. The predicted molar refractivity (Wildman–Crippen MR) is 125 cm³/mol. The minimum absolute atomic E-state index is 1.24. The second kappa shape index (κ2) is 32.9. The van der Waals surface area contributed by atoms with Crippen LogP contribution in [0.4, 0.5) is 0 Å². The minimum atomic E-state index is -3.13. The van der Waals surface area contributed by atoms with Crippen LogP contribution in [0.15, 0.2) is 0 Å². The van der Waals surface area contributed by atoms with Crippen LogP contribution in [0.2, 0.25) is 0 Å². The van der Waals surface area contributed by atoms with Gasteiger partial charge in [-0.2, -0.15) is 0 Å². The maximum absolute atomic E-state index is 8.74. The van der Waals surface area contributed by atoms with E-state index in [-0.39, 0.29) is 0 Å². The van der Waals surface area contributed by atoms with E-state index in [2.05, 4.69) is 19.2 Å². The van der Waals surface area contributed by atoms with Crippen molar-refractivity contribution in [3.63, 3.8) is 0 Å². The summed E-state index contributed by atoms with van der Waals surface area (Å²) in [6.45, 7) is 7.06. The van der Waals surface area contributed by atoms with Crippen LogP contribution in [-0.4, -0.2) is 32.7 Å². The molecule has 0 aliphatic carbocycles. The van der Waals surface area contributed by atoms with Crippen LogP contribution in [0.3, 0.4) is 0 Å². The van der Waals surface area contributed by atoms with Gasteiger partial charge < -0.3 is 24.9 Å². The fourth-order valence-electron chi connectivity index (χ4n) is 2.89. The zero-order chi connectivity index (χ0) is 22.6. The molecule has 0 saturated carbocycles. The van der Waals surface area contributed by atoms with Crippen molar-refractivity contribution in [2.24, 2.45) is 0 Å². The van der Waals surface area contributed by atoms with Crippen molar-refractivity contribution >= 4 is 16.5 Å². The highest BCUT2D eigenvalue weighted by Gasteiger charge is 1.93. The molecule has 0 saturated heterocycles. The third-order valence-corrected chi connectivity index (χ3v) is 4.41. The third kappa shape index (κ3) is 58.4. The van der Waals surface area contributed by atoms with Gasteiger partial charge in [0.25, 0.3) is 0 Å². The van der Waals surface area contributed by atoms with Crippen molar-refractivity contribution in [1.82, 2.24) is 5.32 Å². The number of nitrogens with one attached hydrogen (secondary N) is 1. The Balaban J connectivity index is -0.000000712. The second-order valence-electron chi connectivity index (χ2n) is 7.26. The van der Waals surface area contributed by atoms with Crippen LogP contribution >= 0.6 is 16.5 Å². The minimum Gasteiger partial charge on any atom is -0.326 e. The van der Waals surface area contributed by atoms with Crippen LogP contribution in [-0.2, 0) is 9.13 Å². The van der Waals surface area contributed by atoms with Crippen molar-refractivity contribution in [2.45, 2.75) is 117 Å². The molecule has 0 rings (SSSR count). The Morgan fingerprint density at radius 3 is 0.931 bits per heavy atom. The van der Waals surface area contributed by atoms with Crippen molar-refractivity contribution in [3.05, 3.63) is 0 Å². The third-order valence-electron chi connectivity index (χ3n) is 4.41. The van der Waals surface area contributed by atoms with Gasteiger partial charge in [0.1, 0.15) is 0 Å².